The van der Waals surface area contributed by atoms with Crippen molar-refractivity contribution in [2.75, 3.05) is 6.61 Å². The summed E-state index contributed by atoms with van der Waals surface area (Å²) in [5, 5.41) is 39.7. The van der Waals surface area contributed by atoms with Gasteiger partial charge in [-0.3, -0.25) is 0 Å². The van der Waals surface area contributed by atoms with Gasteiger partial charge in [-0.2, -0.15) is 0 Å². The van der Waals surface area contributed by atoms with Gasteiger partial charge in [0.1, 0.15) is 12.2 Å². The summed E-state index contributed by atoms with van der Waals surface area (Å²) < 4.78 is 15.7. The van der Waals surface area contributed by atoms with E-state index in [1.807, 2.05) is 18.2 Å². The van der Waals surface area contributed by atoms with Crippen LogP contribution in [0.3, 0.4) is 0 Å². The lowest BCUT2D eigenvalue weighted by molar-refractivity contribution is -0.186. The number of halogens is 1. The maximum Gasteiger partial charge on any atom is 0.164 e. The summed E-state index contributed by atoms with van der Waals surface area (Å²) in [6.45, 7) is 1.64. The van der Waals surface area contributed by atoms with Crippen LogP contribution in [0, 0.1) is 5.92 Å². The predicted octanol–water partition coefficient (Wildman–Crippen LogP) is 2.10. The highest BCUT2D eigenvalue weighted by Gasteiger charge is 2.53. The van der Waals surface area contributed by atoms with E-state index in [1.54, 1.807) is 18.2 Å². The molecule has 1 saturated carbocycles. The molecule has 0 spiro atoms. The minimum atomic E-state index is -2.23. The SMILES string of the molecule is CCc1ccc(Cc2cccc([C@]3(F)C[C@H](CO)[C@@H](O)[C@H](O)[C@H]3O)c2)cc1. The zero-order valence-electron chi connectivity index (χ0n) is 15.4. The quantitative estimate of drug-likeness (QED) is 0.646. The summed E-state index contributed by atoms with van der Waals surface area (Å²) >= 11 is 0. The first-order chi connectivity index (χ1) is 12.9. The lowest BCUT2D eigenvalue weighted by Gasteiger charge is -2.44. The van der Waals surface area contributed by atoms with Gasteiger partial charge in [-0.1, -0.05) is 55.5 Å². The van der Waals surface area contributed by atoms with Crippen LogP contribution in [0.4, 0.5) is 4.39 Å². The molecule has 2 aromatic rings. The largest absolute Gasteiger partial charge is 0.396 e. The predicted molar refractivity (Wildman–Crippen MR) is 101 cm³/mol. The molecule has 2 aromatic carbocycles. The highest BCUT2D eigenvalue weighted by Crippen LogP contribution is 2.44. The molecule has 5 atom stereocenters. The monoisotopic (exact) mass is 374 g/mol. The Morgan fingerprint density at radius 1 is 0.963 bits per heavy atom. The zero-order valence-corrected chi connectivity index (χ0v) is 15.4. The van der Waals surface area contributed by atoms with Gasteiger partial charge >= 0.3 is 0 Å². The van der Waals surface area contributed by atoms with Gasteiger partial charge in [0.2, 0.25) is 0 Å². The maximum absolute atomic E-state index is 15.7. The second-order valence-electron chi connectivity index (χ2n) is 7.48. The highest BCUT2D eigenvalue weighted by molar-refractivity contribution is 5.35. The van der Waals surface area contributed by atoms with Crippen molar-refractivity contribution in [1.29, 1.82) is 0 Å². The highest BCUT2D eigenvalue weighted by atomic mass is 19.1. The van der Waals surface area contributed by atoms with Crippen molar-refractivity contribution in [1.82, 2.24) is 0 Å². The molecule has 0 aliphatic heterocycles. The Hall–Kier alpha value is -1.79. The second-order valence-corrected chi connectivity index (χ2v) is 7.48. The summed E-state index contributed by atoms with van der Waals surface area (Å²) in [4.78, 5) is 0. The third-order valence-corrected chi connectivity index (χ3v) is 5.67. The second kappa shape index (κ2) is 8.07. The number of benzene rings is 2. The van der Waals surface area contributed by atoms with Crippen LogP contribution in [0.5, 0.6) is 0 Å². The molecule has 27 heavy (non-hydrogen) atoms. The number of hydrogen-bond donors (Lipinski definition) is 4. The smallest absolute Gasteiger partial charge is 0.164 e. The molecule has 1 aliphatic carbocycles. The summed E-state index contributed by atoms with van der Waals surface area (Å²) in [5.74, 6) is -0.835. The van der Waals surface area contributed by atoms with Crippen LogP contribution < -0.4 is 0 Å². The van der Waals surface area contributed by atoms with E-state index in [2.05, 4.69) is 19.1 Å². The fourth-order valence-electron chi connectivity index (χ4n) is 3.89. The van der Waals surface area contributed by atoms with Crippen molar-refractivity contribution in [3.05, 3.63) is 70.8 Å². The molecule has 1 fully saturated rings. The Bertz CT molecular complexity index is 761. The molecule has 0 amide bonds. The topological polar surface area (TPSA) is 80.9 Å². The normalized spacial score (nSPS) is 31.0. The summed E-state index contributed by atoms with van der Waals surface area (Å²) in [7, 11) is 0. The molecule has 0 bridgehead atoms. The molecule has 5 heteroatoms. The van der Waals surface area contributed by atoms with Crippen LogP contribution >= 0.6 is 0 Å². The Balaban J connectivity index is 1.87. The zero-order chi connectivity index (χ0) is 19.6. The van der Waals surface area contributed by atoms with Gasteiger partial charge in [-0.25, -0.2) is 4.39 Å². The molecule has 0 heterocycles. The van der Waals surface area contributed by atoms with Crippen LogP contribution in [-0.2, 0) is 18.5 Å². The molecular formula is C22H27FO4. The number of hydrogen-bond acceptors (Lipinski definition) is 4. The van der Waals surface area contributed by atoms with E-state index in [-0.39, 0.29) is 12.0 Å². The lowest BCUT2D eigenvalue weighted by Crippen LogP contribution is -2.58. The van der Waals surface area contributed by atoms with Crippen molar-refractivity contribution in [2.24, 2.45) is 5.92 Å². The van der Waals surface area contributed by atoms with Crippen molar-refractivity contribution in [3.8, 4) is 0 Å². The van der Waals surface area contributed by atoms with E-state index in [0.717, 1.165) is 17.5 Å². The van der Waals surface area contributed by atoms with E-state index < -0.39 is 36.5 Å². The summed E-state index contributed by atoms with van der Waals surface area (Å²) in [5.41, 5.74) is 1.27. The van der Waals surface area contributed by atoms with Crippen molar-refractivity contribution in [3.63, 3.8) is 0 Å². The molecule has 4 nitrogen and oxygen atoms in total. The lowest BCUT2D eigenvalue weighted by atomic mass is 9.71. The van der Waals surface area contributed by atoms with Crippen LogP contribution in [0.15, 0.2) is 48.5 Å². The average Bonchev–Trinajstić information content (AvgIpc) is 2.70. The Kier molecular flexibility index (Phi) is 5.96. The minimum Gasteiger partial charge on any atom is -0.396 e. The number of aryl methyl sites for hydroxylation is 1. The molecular weight excluding hydrogens is 347 g/mol. The van der Waals surface area contributed by atoms with Gasteiger partial charge in [-0.15, -0.1) is 0 Å². The molecule has 146 valence electrons. The van der Waals surface area contributed by atoms with E-state index in [9.17, 15) is 20.4 Å². The Morgan fingerprint density at radius 3 is 2.26 bits per heavy atom. The van der Waals surface area contributed by atoms with Crippen molar-refractivity contribution in [2.45, 2.75) is 50.2 Å². The van der Waals surface area contributed by atoms with E-state index in [4.69, 9.17) is 0 Å². The van der Waals surface area contributed by atoms with Crippen molar-refractivity contribution < 1.29 is 24.8 Å². The van der Waals surface area contributed by atoms with E-state index >= 15 is 4.39 Å². The van der Waals surface area contributed by atoms with Gasteiger partial charge in [0.05, 0.1) is 6.10 Å². The van der Waals surface area contributed by atoms with Crippen LogP contribution in [0.1, 0.15) is 35.6 Å². The van der Waals surface area contributed by atoms with Gasteiger partial charge < -0.3 is 20.4 Å². The van der Waals surface area contributed by atoms with Gasteiger partial charge in [0.15, 0.2) is 5.67 Å². The van der Waals surface area contributed by atoms with Crippen LogP contribution in [-0.4, -0.2) is 45.3 Å². The molecule has 1 aliphatic rings. The molecule has 0 unspecified atom stereocenters. The van der Waals surface area contributed by atoms with Crippen LogP contribution in [0.2, 0.25) is 0 Å². The third kappa shape index (κ3) is 3.92. The molecule has 0 saturated heterocycles. The first-order valence-electron chi connectivity index (χ1n) is 9.40. The molecule has 0 radical (unpaired) electrons. The fourth-order valence-corrected chi connectivity index (χ4v) is 3.89. The minimum absolute atomic E-state index is 0.252. The van der Waals surface area contributed by atoms with Gasteiger partial charge in [-0.05, 0) is 41.5 Å². The molecule has 0 aromatic heterocycles. The summed E-state index contributed by atoms with van der Waals surface area (Å²) in [6.07, 6.45) is -3.41. The molecule has 4 N–H and O–H groups in total. The Morgan fingerprint density at radius 2 is 1.63 bits per heavy atom. The van der Waals surface area contributed by atoms with E-state index in [1.165, 1.54) is 5.56 Å². The summed E-state index contributed by atoms with van der Waals surface area (Å²) in [6, 6.07) is 15.1. The third-order valence-electron chi connectivity index (χ3n) is 5.67. The average molecular weight is 374 g/mol. The number of rotatable bonds is 5. The first kappa shape index (κ1) is 20.0. The van der Waals surface area contributed by atoms with E-state index in [0.29, 0.717) is 6.42 Å². The van der Waals surface area contributed by atoms with Gasteiger partial charge in [0, 0.05) is 12.5 Å². The standard InChI is InChI=1S/C22H27FO4/c1-2-14-6-8-15(9-7-14)10-16-4-3-5-18(11-16)22(23)12-17(13-24)19(25)20(26)21(22)27/h3-9,11,17,19-21,24-27H,2,10,12-13H2,1H3/t17-,19-,20+,21-,22-/m1/s1. The van der Waals surface area contributed by atoms with Gasteiger partial charge in [0.25, 0.3) is 0 Å². The molecule has 3 rings (SSSR count). The number of alkyl halides is 1. The Labute approximate surface area is 158 Å². The number of aliphatic hydroxyl groups is 4. The van der Waals surface area contributed by atoms with Crippen LogP contribution in [0.25, 0.3) is 0 Å². The maximum atomic E-state index is 15.7. The first-order valence-corrected chi connectivity index (χ1v) is 9.40. The van der Waals surface area contributed by atoms with Crippen molar-refractivity contribution >= 4 is 0 Å². The number of aliphatic hydroxyl groups excluding tert-OH is 4. The fraction of sp³-hybridized carbons (Fsp3) is 0.455.